The lowest BCUT2D eigenvalue weighted by atomic mass is 10.0. The van der Waals surface area contributed by atoms with Gasteiger partial charge in [0.15, 0.2) is 0 Å². The minimum atomic E-state index is -0.668. The van der Waals surface area contributed by atoms with Crippen LogP contribution in [0.25, 0.3) is 0 Å². The molecule has 1 unspecified atom stereocenters. The van der Waals surface area contributed by atoms with Gasteiger partial charge in [-0.05, 0) is 45.1 Å². The van der Waals surface area contributed by atoms with Crippen LogP contribution < -0.4 is 0 Å². The second-order valence-corrected chi connectivity index (χ2v) is 5.13. The average molecular weight is 268 g/mol. The highest BCUT2D eigenvalue weighted by Crippen LogP contribution is 2.18. The van der Waals surface area contributed by atoms with Gasteiger partial charge < -0.3 is 9.80 Å². The smallest absolute Gasteiger partial charge is 0.256 e. The first-order valence-corrected chi connectivity index (χ1v) is 6.40. The number of halogens is 2. The summed E-state index contributed by atoms with van der Waals surface area (Å²) in [4.78, 5) is 15.9. The molecule has 0 aromatic heterocycles. The van der Waals surface area contributed by atoms with E-state index in [0.29, 0.717) is 13.1 Å². The number of likely N-dealkylation sites (N-methyl/N-ethyl adjacent to an activating group) is 1. The van der Waals surface area contributed by atoms with Crippen molar-refractivity contribution in [1.29, 1.82) is 0 Å². The molecule has 0 bridgehead atoms. The van der Waals surface area contributed by atoms with E-state index in [1.165, 1.54) is 0 Å². The lowest BCUT2D eigenvalue weighted by molar-refractivity contribution is 0.0630. The van der Waals surface area contributed by atoms with Crippen molar-refractivity contribution in [2.45, 2.75) is 18.9 Å². The van der Waals surface area contributed by atoms with Gasteiger partial charge in [0.2, 0.25) is 0 Å². The summed E-state index contributed by atoms with van der Waals surface area (Å²) >= 11 is 0. The van der Waals surface area contributed by atoms with Gasteiger partial charge >= 0.3 is 0 Å². The maximum absolute atomic E-state index is 13.6. The fourth-order valence-electron chi connectivity index (χ4n) is 2.39. The first kappa shape index (κ1) is 13.9. The summed E-state index contributed by atoms with van der Waals surface area (Å²) in [6, 6.07) is 3.26. The van der Waals surface area contributed by atoms with Gasteiger partial charge in [0.05, 0.1) is 5.56 Å². The highest BCUT2D eigenvalue weighted by molar-refractivity contribution is 5.94. The fraction of sp³-hybridized carbons (Fsp3) is 0.500. The molecule has 3 nitrogen and oxygen atoms in total. The van der Waals surface area contributed by atoms with Crippen LogP contribution >= 0.6 is 0 Å². The summed E-state index contributed by atoms with van der Waals surface area (Å²) in [6.45, 7) is 1.15. The molecule has 1 heterocycles. The predicted molar refractivity (Wildman–Crippen MR) is 69.0 cm³/mol. The van der Waals surface area contributed by atoms with Crippen molar-refractivity contribution in [2.24, 2.45) is 0 Å². The quantitative estimate of drug-likeness (QED) is 0.820. The number of likely N-dealkylation sites (tertiary alicyclic amines) is 1. The molecule has 1 amide bonds. The van der Waals surface area contributed by atoms with Crippen LogP contribution in [0, 0.1) is 11.6 Å². The van der Waals surface area contributed by atoms with E-state index in [4.69, 9.17) is 0 Å². The van der Waals surface area contributed by atoms with Crippen LogP contribution in [0.3, 0.4) is 0 Å². The van der Waals surface area contributed by atoms with Crippen LogP contribution in [0.2, 0.25) is 0 Å². The Morgan fingerprint density at radius 1 is 1.37 bits per heavy atom. The molecular weight excluding hydrogens is 250 g/mol. The van der Waals surface area contributed by atoms with E-state index < -0.39 is 17.5 Å². The average Bonchev–Trinajstić information content (AvgIpc) is 2.41. The number of piperidine rings is 1. The van der Waals surface area contributed by atoms with Crippen molar-refractivity contribution < 1.29 is 13.6 Å². The van der Waals surface area contributed by atoms with E-state index in [-0.39, 0.29) is 11.6 Å². The first-order valence-electron chi connectivity index (χ1n) is 6.40. The van der Waals surface area contributed by atoms with E-state index >= 15 is 0 Å². The van der Waals surface area contributed by atoms with Crippen molar-refractivity contribution in [3.63, 3.8) is 0 Å². The number of carbonyl (C=O) groups excluding carboxylic acids is 1. The summed E-state index contributed by atoms with van der Waals surface area (Å²) in [5.74, 6) is -1.69. The lowest BCUT2D eigenvalue weighted by Gasteiger charge is -2.36. The number of amides is 1. The molecule has 1 saturated heterocycles. The number of benzene rings is 1. The first-order chi connectivity index (χ1) is 8.99. The minimum Gasteiger partial charge on any atom is -0.337 e. The minimum absolute atomic E-state index is 0.181. The van der Waals surface area contributed by atoms with E-state index in [9.17, 15) is 13.6 Å². The second kappa shape index (κ2) is 5.65. The zero-order chi connectivity index (χ0) is 14.0. The van der Waals surface area contributed by atoms with Gasteiger partial charge in [0, 0.05) is 19.1 Å². The molecule has 1 fully saturated rings. The normalized spacial score (nSPS) is 19.8. The number of hydrogen-bond donors (Lipinski definition) is 0. The van der Waals surface area contributed by atoms with Crippen LogP contribution in [-0.4, -0.2) is 48.9 Å². The van der Waals surface area contributed by atoms with Gasteiger partial charge in [-0.3, -0.25) is 4.79 Å². The third-order valence-electron chi connectivity index (χ3n) is 3.57. The Bertz CT molecular complexity index is 477. The Morgan fingerprint density at radius 2 is 2.11 bits per heavy atom. The van der Waals surface area contributed by atoms with Crippen molar-refractivity contribution >= 4 is 5.91 Å². The number of hydrogen-bond acceptors (Lipinski definition) is 2. The second-order valence-electron chi connectivity index (χ2n) is 5.13. The van der Waals surface area contributed by atoms with Gasteiger partial charge in [0.1, 0.15) is 11.6 Å². The molecule has 0 spiro atoms. The highest BCUT2D eigenvalue weighted by Gasteiger charge is 2.27. The molecule has 0 aliphatic carbocycles. The molecule has 1 aromatic carbocycles. The molecule has 1 atom stereocenters. The summed E-state index contributed by atoms with van der Waals surface area (Å²) < 4.78 is 26.7. The lowest BCUT2D eigenvalue weighted by Crippen LogP contribution is -2.47. The van der Waals surface area contributed by atoms with Crippen LogP contribution in [-0.2, 0) is 0 Å². The topological polar surface area (TPSA) is 23.6 Å². The zero-order valence-electron chi connectivity index (χ0n) is 11.2. The van der Waals surface area contributed by atoms with E-state index in [1.807, 2.05) is 14.1 Å². The molecule has 0 saturated carbocycles. The van der Waals surface area contributed by atoms with Crippen LogP contribution in [0.4, 0.5) is 8.78 Å². The molecule has 2 rings (SSSR count). The summed E-state index contributed by atoms with van der Waals surface area (Å²) in [7, 11) is 3.92. The van der Waals surface area contributed by atoms with E-state index in [0.717, 1.165) is 31.0 Å². The SMILES string of the molecule is CN(C)C1CCCN(C(=O)c2cc(F)ccc2F)C1. The number of nitrogens with zero attached hydrogens (tertiary/aromatic N) is 2. The Labute approximate surface area is 111 Å². The van der Waals surface area contributed by atoms with E-state index in [1.54, 1.807) is 4.90 Å². The van der Waals surface area contributed by atoms with Crippen molar-refractivity contribution in [3.05, 3.63) is 35.4 Å². The monoisotopic (exact) mass is 268 g/mol. The third-order valence-corrected chi connectivity index (χ3v) is 3.57. The van der Waals surface area contributed by atoms with Gasteiger partial charge in [-0.2, -0.15) is 0 Å². The van der Waals surface area contributed by atoms with Gasteiger partial charge in [0.25, 0.3) is 5.91 Å². The molecule has 1 aliphatic heterocycles. The Morgan fingerprint density at radius 3 is 2.79 bits per heavy atom. The largest absolute Gasteiger partial charge is 0.337 e. The van der Waals surface area contributed by atoms with Crippen LogP contribution in [0.1, 0.15) is 23.2 Å². The maximum atomic E-state index is 13.6. The fourth-order valence-corrected chi connectivity index (χ4v) is 2.39. The molecule has 5 heteroatoms. The van der Waals surface area contributed by atoms with Crippen molar-refractivity contribution in [2.75, 3.05) is 27.2 Å². The Kier molecular flexibility index (Phi) is 4.14. The van der Waals surface area contributed by atoms with Crippen LogP contribution in [0.5, 0.6) is 0 Å². The maximum Gasteiger partial charge on any atom is 0.256 e. The Hall–Kier alpha value is -1.49. The third kappa shape index (κ3) is 3.10. The molecule has 1 aromatic rings. The number of carbonyl (C=O) groups is 1. The molecule has 19 heavy (non-hydrogen) atoms. The van der Waals surface area contributed by atoms with E-state index in [2.05, 4.69) is 4.90 Å². The highest BCUT2D eigenvalue weighted by atomic mass is 19.1. The molecule has 0 N–H and O–H groups in total. The van der Waals surface area contributed by atoms with Crippen molar-refractivity contribution in [1.82, 2.24) is 9.80 Å². The summed E-state index contributed by atoms with van der Waals surface area (Å²) in [6.07, 6.45) is 1.90. The predicted octanol–water partition coefficient (Wildman–Crippen LogP) is 2.13. The van der Waals surface area contributed by atoms with Crippen molar-refractivity contribution in [3.8, 4) is 0 Å². The standard InChI is InChI=1S/C14H18F2N2O/c1-17(2)11-4-3-7-18(9-11)14(19)12-8-10(15)5-6-13(12)16/h5-6,8,11H,3-4,7,9H2,1-2H3. The molecule has 0 radical (unpaired) electrons. The van der Waals surface area contributed by atoms with Gasteiger partial charge in [-0.25, -0.2) is 8.78 Å². The number of rotatable bonds is 2. The Balaban J connectivity index is 2.17. The van der Waals surface area contributed by atoms with Crippen LogP contribution in [0.15, 0.2) is 18.2 Å². The zero-order valence-corrected chi connectivity index (χ0v) is 11.2. The summed E-state index contributed by atoms with van der Waals surface area (Å²) in [5, 5.41) is 0. The summed E-state index contributed by atoms with van der Waals surface area (Å²) in [5.41, 5.74) is -0.181. The molecule has 104 valence electrons. The van der Waals surface area contributed by atoms with Gasteiger partial charge in [-0.15, -0.1) is 0 Å². The molecule has 1 aliphatic rings. The molecular formula is C14H18F2N2O. The van der Waals surface area contributed by atoms with Gasteiger partial charge in [-0.1, -0.05) is 0 Å².